The molecule has 43 heavy (non-hydrogen) atoms. The number of nitrogens with one attached hydrogen (secondary N) is 1. The average Bonchev–Trinajstić information content (AvgIpc) is 3.50. The molecular formula is C33H40FN3O5Si. The standard InChI is InChI=1S/C33H40FN3O5Si/c1-39-26-12-9-13-27(40-2)29(26)24-18-37(21-41-16-17-43(3,4)5)32-23(24)14-15-28(35-32)36-33(38)30-25(31(30)34)20-42-19-22-10-7-6-8-11-22/h6-15,18,25,30-31H,16-17,19-21H2,1-5H3,(H,35,36,38)/t25?,30?,31-/m1/s1. The van der Waals surface area contributed by atoms with Gasteiger partial charge in [0, 0.05) is 37.7 Å². The van der Waals surface area contributed by atoms with E-state index >= 15 is 0 Å². The second-order valence-electron chi connectivity index (χ2n) is 12.1. The van der Waals surface area contributed by atoms with Crippen LogP contribution >= 0.6 is 0 Å². The fraction of sp³-hybridized carbons (Fsp3) is 0.394. The van der Waals surface area contributed by atoms with E-state index < -0.39 is 32.0 Å². The van der Waals surface area contributed by atoms with E-state index in [1.54, 1.807) is 20.3 Å². The van der Waals surface area contributed by atoms with Gasteiger partial charge in [-0.05, 0) is 35.9 Å². The van der Waals surface area contributed by atoms with Crippen LogP contribution in [0.2, 0.25) is 25.7 Å². The van der Waals surface area contributed by atoms with Crippen molar-refractivity contribution in [1.82, 2.24) is 9.55 Å². The van der Waals surface area contributed by atoms with Crippen LogP contribution in [0.3, 0.4) is 0 Å². The summed E-state index contributed by atoms with van der Waals surface area (Å²) in [5, 5.41) is 3.67. The molecule has 2 heterocycles. The van der Waals surface area contributed by atoms with Crippen LogP contribution in [0.25, 0.3) is 22.2 Å². The minimum atomic E-state index is -1.26. The largest absolute Gasteiger partial charge is 0.496 e. The van der Waals surface area contributed by atoms with Crippen molar-refractivity contribution in [2.24, 2.45) is 11.8 Å². The summed E-state index contributed by atoms with van der Waals surface area (Å²) in [5.74, 6) is 0.0423. The van der Waals surface area contributed by atoms with Gasteiger partial charge in [-0.3, -0.25) is 4.79 Å². The van der Waals surface area contributed by atoms with Crippen LogP contribution in [-0.4, -0.2) is 57.1 Å². The number of carbonyl (C=O) groups excluding carboxylic acids is 1. The van der Waals surface area contributed by atoms with E-state index in [-0.39, 0.29) is 6.61 Å². The number of halogens is 1. The Morgan fingerprint density at radius 3 is 2.37 bits per heavy atom. The van der Waals surface area contributed by atoms with Crippen LogP contribution in [0.15, 0.2) is 66.9 Å². The molecule has 0 bridgehead atoms. The number of amides is 1. The van der Waals surface area contributed by atoms with Crippen molar-refractivity contribution in [1.29, 1.82) is 0 Å². The summed E-state index contributed by atoms with van der Waals surface area (Å²) in [6.07, 6.45) is 0.726. The first-order chi connectivity index (χ1) is 20.7. The van der Waals surface area contributed by atoms with Gasteiger partial charge >= 0.3 is 0 Å². The third kappa shape index (κ3) is 7.26. The first-order valence-corrected chi connectivity index (χ1v) is 18.3. The van der Waals surface area contributed by atoms with Crippen LogP contribution in [-0.2, 0) is 27.6 Å². The Kier molecular flexibility index (Phi) is 9.48. The molecule has 0 spiro atoms. The maximum atomic E-state index is 14.6. The number of alkyl halides is 1. The third-order valence-corrected chi connectivity index (χ3v) is 9.40. The van der Waals surface area contributed by atoms with Gasteiger partial charge in [-0.2, -0.15) is 0 Å². The molecule has 1 aliphatic carbocycles. The molecule has 8 nitrogen and oxygen atoms in total. The predicted molar refractivity (Wildman–Crippen MR) is 169 cm³/mol. The number of hydrogen-bond acceptors (Lipinski definition) is 6. The zero-order valence-corrected chi connectivity index (χ0v) is 26.4. The van der Waals surface area contributed by atoms with E-state index in [9.17, 15) is 9.18 Å². The van der Waals surface area contributed by atoms with E-state index in [0.29, 0.717) is 42.9 Å². The molecule has 3 atom stereocenters. The first kappa shape index (κ1) is 30.7. The normalized spacial score (nSPS) is 18.0. The van der Waals surface area contributed by atoms with Gasteiger partial charge < -0.3 is 28.8 Å². The number of rotatable bonds is 14. The molecule has 0 radical (unpaired) electrons. The van der Waals surface area contributed by atoms with Crippen LogP contribution in [0.5, 0.6) is 11.5 Å². The summed E-state index contributed by atoms with van der Waals surface area (Å²) in [6, 6.07) is 20.0. The number of anilines is 1. The Bertz CT molecular complexity index is 1530. The van der Waals surface area contributed by atoms with E-state index in [0.717, 1.165) is 28.1 Å². The zero-order chi connectivity index (χ0) is 30.6. The van der Waals surface area contributed by atoms with Crippen LogP contribution in [0.4, 0.5) is 10.2 Å². The molecule has 2 aromatic heterocycles. The van der Waals surface area contributed by atoms with Crippen LogP contribution in [0, 0.1) is 11.8 Å². The number of methoxy groups -OCH3 is 2. The fourth-order valence-corrected chi connectivity index (χ4v) is 5.91. The Morgan fingerprint density at radius 2 is 1.70 bits per heavy atom. The topological polar surface area (TPSA) is 83.8 Å². The Labute approximate surface area is 253 Å². The first-order valence-electron chi connectivity index (χ1n) is 14.6. The van der Waals surface area contributed by atoms with Crippen molar-refractivity contribution < 1.29 is 28.1 Å². The van der Waals surface area contributed by atoms with Gasteiger partial charge in [0.2, 0.25) is 5.91 Å². The highest BCUT2D eigenvalue weighted by molar-refractivity contribution is 6.76. The molecule has 0 saturated heterocycles. The maximum Gasteiger partial charge on any atom is 0.232 e. The lowest BCUT2D eigenvalue weighted by atomic mass is 10.0. The molecule has 2 unspecified atom stereocenters. The number of pyridine rings is 1. The maximum absolute atomic E-state index is 14.6. The second-order valence-corrected chi connectivity index (χ2v) is 17.7. The SMILES string of the molecule is COc1cccc(OC)c1-c1cn(COCC[Si](C)(C)C)c2nc(NC(=O)C3C(COCc4ccccc4)[C@H]3F)ccc12. The number of benzene rings is 2. The quantitative estimate of drug-likeness (QED) is 0.126. The summed E-state index contributed by atoms with van der Waals surface area (Å²) in [5.41, 5.74) is 3.30. The van der Waals surface area contributed by atoms with Crippen LogP contribution in [0.1, 0.15) is 5.56 Å². The molecule has 1 N–H and O–H groups in total. The van der Waals surface area contributed by atoms with Crippen molar-refractivity contribution in [2.45, 2.75) is 45.2 Å². The minimum Gasteiger partial charge on any atom is -0.496 e. The van der Waals surface area contributed by atoms with Crippen LogP contribution < -0.4 is 14.8 Å². The van der Waals surface area contributed by atoms with Crippen molar-refractivity contribution in [3.05, 3.63) is 72.4 Å². The predicted octanol–water partition coefficient (Wildman–Crippen LogP) is 6.77. The highest BCUT2D eigenvalue weighted by Gasteiger charge is 2.56. The van der Waals surface area contributed by atoms with Crippen molar-refractivity contribution >= 4 is 30.8 Å². The number of nitrogens with zero attached hydrogens (tertiary/aromatic N) is 2. The van der Waals surface area contributed by atoms with Crippen molar-refractivity contribution in [2.75, 3.05) is 32.8 Å². The lowest BCUT2D eigenvalue weighted by molar-refractivity contribution is -0.118. The highest BCUT2D eigenvalue weighted by Crippen LogP contribution is 2.44. The van der Waals surface area contributed by atoms with Gasteiger partial charge in [0.05, 0.1) is 38.9 Å². The van der Waals surface area contributed by atoms with E-state index in [1.165, 1.54) is 0 Å². The molecular weight excluding hydrogens is 565 g/mol. The number of fused-ring (bicyclic) bond motifs is 1. The number of ether oxygens (including phenoxy) is 4. The summed E-state index contributed by atoms with van der Waals surface area (Å²) in [7, 11) is 1.99. The lowest BCUT2D eigenvalue weighted by Gasteiger charge is -2.15. The van der Waals surface area contributed by atoms with E-state index in [2.05, 4.69) is 25.0 Å². The van der Waals surface area contributed by atoms with Gasteiger partial charge in [0.25, 0.3) is 0 Å². The molecule has 1 amide bonds. The number of hydrogen-bond donors (Lipinski definition) is 1. The third-order valence-electron chi connectivity index (χ3n) is 7.69. The smallest absolute Gasteiger partial charge is 0.232 e. The molecule has 2 aromatic carbocycles. The summed E-state index contributed by atoms with van der Waals surface area (Å²) in [6.45, 7) is 8.43. The average molecular weight is 606 g/mol. The molecule has 0 aliphatic heterocycles. The second kappa shape index (κ2) is 13.3. The van der Waals surface area contributed by atoms with Gasteiger partial charge in [-0.1, -0.05) is 56.0 Å². The Hall–Kier alpha value is -3.73. The van der Waals surface area contributed by atoms with E-state index in [1.807, 2.05) is 65.4 Å². The molecule has 5 rings (SSSR count). The zero-order valence-electron chi connectivity index (χ0n) is 25.4. The van der Waals surface area contributed by atoms with Gasteiger partial charge in [-0.25, -0.2) is 9.37 Å². The summed E-state index contributed by atoms with van der Waals surface area (Å²) >= 11 is 0. The highest BCUT2D eigenvalue weighted by atomic mass is 28.3. The van der Waals surface area contributed by atoms with Crippen molar-refractivity contribution in [3.63, 3.8) is 0 Å². The molecule has 4 aromatic rings. The summed E-state index contributed by atoms with van der Waals surface area (Å²) < 4.78 is 39.7. The minimum absolute atomic E-state index is 0.183. The van der Waals surface area contributed by atoms with E-state index in [4.69, 9.17) is 23.9 Å². The molecule has 10 heteroatoms. The molecule has 228 valence electrons. The Balaban J connectivity index is 1.35. The van der Waals surface area contributed by atoms with Gasteiger partial charge in [0.1, 0.15) is 35.9 Å². The molecule has 1 saturated carbocycles. The molecule has 1 fully saturated rings. The summed E-state index contributed by atoms with van der Waals surface area (Å²) in [4.78, 5) is 17.8. The number of aromatic nitrogens is 2. The van der Waals surface area contributed by atoms with Crippen molar-refractivity contribution in [3.8, 4) is 22.6 Å². The van der Waals surface area contributed by atoms with Gasteiger partial charge in [-0.15, -0.1) is 0 Å². The van der Waals surface area contributed by atoms with Gasteiger partial charge in [0.15, 0.2) is 0 Å². The molecule has 1 aliphatic rings. The fourth-order valence-electron chi connectivity index (χ4n) is 5.15. The Morgan fingerprint density at radius 1 is 0.977 bits per heavy atom. The monoisotopic (exact) mass is 605 g/mol. The lowest BCUT2D eigenvalue weighted by Crippen LogP contribution is -2.22. The number of carbonyl (C=O) groups is 1.